The third-order valence-electron chi connectivity index (χ3n) is 6.10. The van der Waals surface area contributed by atoms with Crippen molar-refractivity contribution in [3.8, 4) is 0 Å². The minimum Gasteiger partial charge on any atom is -0.350 e. The summed E-state index contributed by atoms with van der Waals surface area (Å²) in [5, 5.41) is 3.15. The van der Waals surface area contributed by atoms with Crippen LogP contribution >= 0.6 is 11.6 Å². The largest absolute Gasteiger partial charge is 0.350 e. The fourth-order valence-electron chi connectivity index (χ4n) is 4.39. The molecule has 4 rings (SSSR count). The Morgan fingerprint density at radius 1 is 0.968 bits per heavy atom. The zero-order valence-corrected chi connectivity index (χ0v) is 19.0. The van der Waals surface area contributed by atoms with Crippen LogP contribution in [0.25, 0.3) is 0 Å². The predicted molar refractivity (Wildman–Crippen MR) is 122 cm³/mol. The molecule has 2 aromatic carbocycles. The fourth-order valence-corrected chi connectivity index (χ4v) is 6.40. The zero-order valence-electron chi connectivity index (χ0n) is 17.5. The molecule has 1 atom stereocenters. The molecule has 2 saturated heterocycles. The maximum Gasteiger partial charge on any atom is 0.251 e. The van der Waals surface area contributed by atoms with Gasteiger partial charge in [0, 0.05) is 25.2 Å². The molecule has 0 spiro atoms. The molecule has 2 fully saturated rings. The Hall–Kier alpha value is -1.93. The van der Waals surface area contributed by atoms with Gasteiger partial charge in [-0.05, 0) is 62.5 Å². The molecule has 2 heterocycles. The van der Waals surface area contributed by atoms with Gasteiger partial charge in [0.25, 0.3) is 5.91 Å². The van der Waals surface area contributed by atoms with Crippen LogP contribution in [-0.2, 0) is 10.0 Å². The Morgan fingerprint density at radius 3 is 2.29 bits per heavy atom. The second kappa shape index (κ2) is 9.69. The Labute approximate surface area is 189 Å². The van der Waals surface area contributed by atoms with Gasteiger partial charge in [0.05, 0.1) is 11.1 Å². The molecule has 0 unspecified atom stereocenters. The van der Waals surface area contributed by atoms with E-state index in [-0.39, 0.29) is 21.9 Å². The minimum absolute atomic E-state index is 0.00266. The smallest absolute Gasteiger partial charge is 0.251 e. The van der Waals surface area contributed by atoms with E-state index in [1.165, 1.54) is 16.4 Å². The normalized spacial score (nSPS) is 18.9. The number of hydrogen-bond acceptors (Lipinski definition) is 4. The molecule has 2 aliphatic heterocycles. The number of sulfonamides is 1. The van der Waals surface area contributed by atoms with Crippen molar-refractivity contribution >= 4 is 27.5 Å². The van der Waals surface area contributed by atoms with Gasteiger partial charge in [0.2, 0.25) is 10.0 Å². The van der Waals surface area contributed by atoms with Crippen LogP contribution in [0.5, 0.6) is 0 Å². The third-order valence-corrected chi connectivity index (χ3v) is 8.48. The first-order valence-electron chi connectivity index (χ1n) is 10.8. The Kier molecular flexibility index (Phi) is 6.96. The zero-order chi connectivity index (χ0) is 21.8. The highest BCUT2D eigenvalue weighted by atomic mass is 35.5. The van der Waals surface area contributed by atoms with Crippen LogP contribution in [-0.4, -0.2) is 56.3 Å². The van der Waals surface area contributed by atoms with Gasteiger partial charge in [0.15, 0.2) is 0 Å². The van der Waals surface area contributed by atoms with Crippen molar-refractivity contribution in [2.75, 3.05) is 32.7 Å². The number of benzene rings is 2. The average molecular weight is 462 g/mol. The van der Waals surface area contributed by atoms with E-state index >= 15 is 0 Å². The van der Waals surface area contributed by atoms with Gasteiger partial charge in [-0.25, -0.2) is 8.42 Å². The van der Waals surface area contributed by atoms with E-state index in [0.29, 0.717) is 25.2 Å². The topological polar surface area (TPSA) is 69.7 Å². The number of nitrogens with zero attached hydrogens (tertiary/aromatic N) is 2. The van der Waals surface area contributed by atoms with Gasteiger partial charge in [-0.15, -0.1) is 0 Å². The number of carbonyl (C=O) groups excluding carboxylic acids is 1. The minimum atomic E-state index is -3.70. The summed E-state index contributed by atoms with van der Waals surface area (Å²) in [6.07, 6.45) is 4.00. The number of amides is 1. The summed E-state index contributed by atoms with van der Waals surface area (Å²) < 4.78 is 27.4. The number of halogens is 1. The van der Waals surface area contributed by atoms with Gasteiger partial charge in [0.1, 0.15) is 4.90 Å². The quantitative estimate of drug-likeness (QED) is 0.682. The van der Waals surface area contributed by atoms with Gasteiger partial charge >= 0.3 is 0 Å². The second-order valence-electron chi connectivity index (χ2n) is 8.14. The molecule has 0 radical (unpaired) electrons. The van der Waals surface area contributed by atoms with E-state index < -0.39 is 10.0 Å². The number of hydrogen-bond donors (Lipinski definition) is 1. The molecule has 0 aliphatic carbocycles. The van der Waals surface area contributed by atoms with Crippen LogP contribution in [0.4, 0.5) is 0 Å². The molecule has 0 saturated carbocycles. The van der Waals surface area contributed by atoms with E-state index in [9.17, 15) is 13.2 Å². The third kappa shape index (κ3) is 4.95. The lowest BCUT2D eigenvalue weighted by atomic mass is 10.1. The van der Waals surface area contributed by atoms with Gasteiger partial charge < -0.3 is 5.32 Å². The van der Waals surface area contributed by atoms with Crippen molar-refractivity contribution in [1.82, 2.24) is 14.5 Å². The summed E-state index contributed by atoms with van der Waals surface area (Å²) in [7, 11) is -3.70. The molecular weight excluding hydrogens is 434 g/mol. The molecule has 8 heteroatoms. The highest BCUT2D eigenvalue weighted by Gasteiger charge is 2.30. The molecule has 0 bridgehead atoms. The van der Waals surface area contributed by atoms with Crippen molar-refractivity contribution in [2.24, 2.45) is 0 Å². The molecule has 0 aromatic heterocycles. The van der Waals surface area contributed by atoms with Gasteiger partial charge in [-0.2, -0.15) is 4.31 Å². The lowest BCUT2D eigenvalue weighted by Crippen LogP contribution is -2.37. The standard InChI is InChI=1S/C23H28ClN3O3S/c24-20-11-10-19(16-22(20)31(29,30)27-14-6-7-15-27)23(28)25-17-21(26-12-4-5-13-26)18-8-2-1-3-9-18/h1-3,8-11,16,21H,4-7,12-15,17H2,(H,25,28)/t21-/m1/s1. The molecule has 2 aromatic rings. The lowest BCUT2D eigenvalue weighted by Gasteiger charge is -2.28. The summed E-state index contributed by atoms with van der Waals surface area (Å²) in [6.45, 7) is 3.45. The first-order valence-corrected chi connectivity index (χ1v) is 12.7. The number of rotatable bonds is 7. The molecule has 166 valence electrons. The van der Waals surface area contributed by atoms with E-state index in [1.807, 2.05) is 18.2 Å². The summed E-state index contributed by atoms with van der Waals surface area (Å²) in [6, 6.07) is 14.7. The molecule has 6 nitrogen and oxygen atoms in total. The van der Waals surface area contributed by atoms with Crippen LogP contribution in [0.1, 0.15) is 47.6 Å². The van der Waals surface area contributed by atoms with Crippen LogP contribution in [0.3, 0.4) is 0 Å². The van der Waals surface area contributed by atoms with E-state index in [4.69, 9.17) is 11.6 Å². The average Bonchev–Trinajstić information content (AvgIpc) is 3.50. The Balaban J connectivity index is 1.51. The van der Waals surface area contributed by atoms with E-state index in [0.717, 1.165) is 44.3 Å². The van der Waals surface area contributed by atoms with Crippen molar-refractivity contribution in [1.29, 1.82) is 0 Å². The maximum absolute atomic E-state index is 13.0. The van der Waals surface area contributed by atoms with Crippen molar-refractivity contribution in [3.05, 3.63) is 64.7 Å². The molecule has 1 amide bonds. The summed E-state index contributed by atoms with van der Waals surface area (Å²) in [4.78, 5) is 15.3. The van der Waals surface area contributed by atoms with Gasteiger partial charge in [-0.1, -0.05) is 41.9 Å². The SMILES string of the molecule is O=C(NC[C@H](c1ccccc1)N1CCCC1)c1ccc(Cl)c(S(=O)(=O)N2CCCC2)c1. The first kappa shape index (κ1) is 22.3. The fraction of sp³-hybridized carbons (Fsp3) is 0.435. The predicted octanol–water partition coefficient (Wildman–Crippen LogP) is 3.69. The van der Waals surface area contributed by atoms with Crippen molar-refractivity contribution in [3.63, 3.8) is 0 Å². The van der Waals surface area contributed by atoms with Crippen LogP contribution in [0, 0.1) is 0 Å². The molecule has 2 aliphatic rings. The summed E-state index contributed by atoms with van der Waals surface area (Å²) in [5.74, 6) is -0.297. The number of carbonyl (C=O) groups is 1. The van der Waals surface area contributed by atoms with Crippen molar-refractivity contribution < 1.29 is 13.2 Å². The van der Waals surface area contributed by atoms with Crippen LogP contribution in [0.15, 0.2) is 53.4 Å². The Bertz CT molecular complexity index is 1020. The van der Waals surface area contributed by atoms with Crippen LogP contribution < -0.4 is 5.32 Å². The highest BCUT2D eigenvalue weighted by molar-refractivity contribution is 7.89. The van der Waals surface area contributed by atoms with E-state index in [1.54, 1.807) is 6.07 Å². The molecular formula is C23H28ClN3O3S. The molecule has 1 N–H and O–H groups in total. The second-order valence-corrected chi connectivity index (χ2v) is 10.4. The summed E-state index contributed by atoms with van der Waals surface area (Å²) in [5.41, 5.74) is 1.47. The lowest BCUT2D eigenvalue weighted by molar-refractivity contribution is 0.0937. The van der Waals surface area contributed by atoms with Gasteiger partial charge in [-0.3, -0.25) is 9.69 Å². The number of nitrogens with one attached hydrogen (secondary N) is 1. The first-order chi connectivity index (χ1) is 15.0. The van der Waals surface area contributed by atoms with Crippen LogP contribution in [0.2, 0.25) is 5.02 Å². The maximum atomic E-state index is 13.0. The molecule has 31 heavy (non-hydrogen) atoms. The van der Waals surface area contributed by atoms with E-state index in [2.05, 4.69) is 22.3 Å². The summed E-state index contributed by atoms with van der Waals surface area (Å²) >= 11 is 6.21. The monoisotopic (exact) mass is 461 g/mol. The van der Waals surface area contributed by atoms with Crippen molar-refractivity contribution in [2.45, 2.75) is 36.6 Å². The number of likely N-dealkylation sites (tertiary alicyclic amines) is 1. The Morgan fingerprint density at radius 2 is 1.61 bits per heavy atom. The highest BCUT2D eigenvalue weighted by Crippen LogP contribution is 2.28.